The summed E-state index contributed by atoms with van der Waals surface area (Å²) >= 11 is 0. The van der Waals surface area contributed by atoms with Gasteiger partial charge in [0.2, 0.25) is 0 Å². The Hall–Kier alpha value is -2.90. The Labute approximate surface area is 180 Å². The largest absolute Gasteiger partial charge is 0.481 e. The van der Waals surface area contributed by atoms with Gasteiger partial charge in [-0.05, 0) is 75.6 Å². The third kappa shape index (κ3) is 6.06. The minimum absolute atomic E-state index is 0.215. The molecule has 0 saturated heterocycles. The first-order chi connectivity index (χ1) is 14.9. The van der Waals surface area contributed by atoms with Gasteiger partial charge in [0.15, 0.2) is 0 Å². The van der Waals surface area contributed by atoms with Crippen molar-refractivity contribution in [3.63, 3.8) is 0 Å². The lowest BCUT2D eigenvalue weighted by Gasteiger charge is -2.30. The van der Waals surface area contributed by atoms with Crippen molar-refractivity contribution in [1.29, 1.82) is 0 Å². The number of benzene rings is 1. The van der Waals surface area contributed by atoms with Crippen molar-refractivity contribution in [2.24, 2.45) is 17.8 Å². The van der Waals surface area contributed by atoms with Gasteiger partial charge in [0.1, 0.15) is 11.9 Å². The molecule has 1 aromatic carbocycles. The van der Waals surface area contributed by atoms with E-state index in [1.807, 2.05) is 0 Å². The molecule has 2 aliphatic rings. The zero-order valence-corrected chi connectivity index (χ0v) is 17.6. The lowest BCUT2D eigenvalue weighted by atomic mass is 9.82. The first kappa shape index (κ1) is 22.8. The normalized spacial score (nSPS) is 25.8. The standard InChI is InChI=1S/C23H28O8/c1-29-21(26)15-6-10-18(11-7-15)31-23(28)17-8-12-19(13-9-17)30-22(27)16-4-2-14(3-5-16)20(24)25/h6-7,10-11,14,16-17,19H,2-5,8-9,12-13H2,1H3,(H,24,25). The SMILES string of the molecule is COC(=O)c1ccc(OC(=O)C2CCC(OC(=O)C3CCC(C(=O)O)CC3)CC2)cc1. The van der Waals surface area contributed by atoms with Crippen molar-refractivity contribution in [2.75, 3.05) is 7.11 Å². The average molecular weight is 432 g/mol. The fourth-order valence-corrected chi connectivity index (χ4v) is 4.23. The van der Waals surface area contributed by atoms with Gasteiger partial charge in [-0.15, -0.1) is 0 Å². The molecule has 8 nitrogen and oxygen atoms in total. The van der Waals surface area contributed by atoms with Gasteiger partial charge in [-0.2, -0.15) is 0 Å². The Bertz CT molecular complexity index is 799. The van der Waals surface area contributed by atoms with Crippen molar-refractivity contribution >= 4 is 23.9 Å². The Morgan fingerprint density at radius 2 is 1.29 bits per heavy atom. The summed E-state index contributed by atoms with van der Waals surface area (Å²) in [4.78, 5) is 47.3. The van der Waals surface area contributed by atoms with Crippen LogP contribution < -0.4 is 4.74 Å². The molecular weight excluding hydrogens is 404 g/mol. The maximum absolute atomic E-state index is 12.4. The highest BCUT2D eigenvalue weighted by Crippen LogP contribution is 2.32. The van der Waals surface area contributed by atoms with Crippen molar-refractivity contribution in [2.45, 2.75) is 57.5 Å². The number of esters is 3. The molecule has 2 saturated carbocycles. The average Bonchev–Trinajstić information content (AvgIpc) is 2.79. The Kier molecular flexibility index (Phi) is 7.65. The second-order valence-electron chi connectivity index (χ2n) is 8.23. The second kappa shape index (κ2) is 10.4. The number of methoxy groups -OCH3 is 1. The topological polar surface area (TPSA) is 116 Å². The Morgan fingerprint density at radius 1 is 0.774 bits per heavy atom. The number of carboxylic acids is 1. The highest BCUT2D eigenvalue weighted by Gasteiger charge is 2.34. The summed E-state index contributed by atoms with van der Waals surface area (Å²) in [5.74, 6) is -2.32. The summed E-state index contributed by atoms with van der Waals surface area (Å²) in [6, 6.07) is 6.18. The highest BCUT2D eigenvalue weighted by molar-refractivity contribution is 5.89. The summed E-state index contributed by atoms with van der Waals surface area (Å²) in [6.45, 7) is 0. The van der Waals surface area contributed by atoms with E-state index in [1.54, 1.807) is 12.1 Å². The minimum Gasteiger partial charge on any atom is -0.481 e. The van der Waals surface area contributed by atoms with Crippen LogP contribution in [0.25, 0.3) is 0 Å². The zero-order chi connectivity index (χ0) is 22.4. The summed E-state index contributed by atoms with van der Waals surface area (Å²) in [6.07, 6.45) is 4.23. The van der Waals surface area contributed by atoms with E-state index in [0.29, 0.717) is 62.7 Å². The lowest BCUT2D eigenvalue weighted by Crippen LogP contribution is -2.33. The first-order valence-electron chi connectivity index (χ1n) is 10.7. The summed E-state index contributed by atoms with van der Waals surface area (Å²) in [5.41, 5.74) is 0.376. The zero-order valence-electron chi connectivity index (χ0n) is 17.6. The van der Waals surface area contributed by atoms with Crippen LogP contribution in [0.3, 0.4) is 0 Å². The second-order valence-corrected chi connectivity index (χ2v) is 8.23. The van der Waals surface area contributed by atoms with Gasteiger partial charge >= 0.3 is 23.9 Å². The van der Waals surface area contributed by atoms with Gasteiger partial charge in [-0.25, -0.2) is 4.79 Å². The molecule has 0 amide bonds. The van der Waals surface area contributed by atoms with Crippen molar-refractivity contribution in [3.8, 4) is 5.75 Å². The predicted octanol–water partition coefficient (Wildman–Crippen LogP) is 3.37. The lowest BCUT2D eigenvalue weighted by molar-refractivity contribution is -0.159. The van der Waals surface area contributed by atoms with Crippen LogP contribution in [0.2, 0.25) is 0 Å². The molecule has 0 heterocycles. The van der Waals surface area contributed by atoms with E-state index in [1.165, 1.54) is 19.2 Å². The van der Waals surface area contributed by atoms with Crippen LogP contribution in [0.1, 0.15) is 61.7 Å². The number of ether oxygens (including phenoxy) is 3. The van der Waals surface area contributed by atoms with Gasteiger partial charge in [0.05, 0.1) is 30.4 Å². The highest BCUT2D eigenvalue weighted by atomic mass is 16.5. The van der Waals surface area contributed by atoms with E-state index in [4.69, 9.17) is 14.6 Å². The quantitative estimate of drug-likeness (QED) is 0.537. The molecule has 2 fully saturated rings. The summed E-state index contributed by atoms with van der Waals surface area (Å²) in [5, 5.41) is 9.06. The van der Waals surface area contributed by atoms with Gasteiger partial charge < -0.3 is 19.3 Å². The minimum atomic E-state index is -0.795. The molecule has 0 aromatic heterocycles. The van der Waals surface area contributed by atoms with E-state index in [2.05, 4.69) is 4.74 Å². The molecule has 0 radical (unpaired) electrons. The Balaban J connectivity index is 1.41. The molecular formula is C23H28O8. The number of carboxylic acid groups (broad SMARTS) is 1. The van der Waals surface area contributed by atoms with Gasteiger partial charge in [0, 0.05) is 0 Å². The smallest absolute Gasteiger partial charge is 0.337 e. The predicted molar refractivity (Wildman–Crippen MR) is 108 cm³/mol. The van der Waals surface area contributed by atoms with Crippen LogP contribution >= 0.6 is 0 Å². The van der Waals surface area contributed by atoms with Crippen molar-refractivity contribution in [3.05, 3.63) is 29.8 Å². The molecule has 1 aromatic rings. The monoisotopic (exact) mass is 432 g/mol. The molecule has 0 unspecified atom stereocenters. The van der Waals surface area contributed by atoms with Crippen LogP contribution in [0.15, 0.2) is 24.3 Å². The molecule has 3 rings (SSSR count). The fourth-order valence-electron chi connectivity index (χ4n) is 4.23. The molecule has 8 heteroatoms. The number of hydrogen-bond donors (Lipinski definition) is 1. The number of carbonyl (C=O) groups excluding carboxylic acids is 3. The van der Waals surface area contributed by atoms with Gasteiger partial charge in [0.25, 0.3) is 0 Å². The molecule has 2 aliphatic carbocycles. The number of hydrogen-bond acceptors (Lipinski definition) is 7. The number of aliphatic carboxylic acids is 1. The summed E-state index contributed by atoms with van der Waals surface area (Å²) in [7, 11) is 1.30. The molecule has 0 aliphatic heterocycles. The van der Waals surface area contributed by atoms with Gasteiger partial charge in [-0.1, -0.05) is 0 Å². The molecule has 0 spiro atoms. The molecule has 1 N–H and O–H groups in total. The molecule has 0 atom stereocenters. The first-order valence-corrected chi connectivity index (χ1v) is 10.7. The maximum atomic E-state index is 12.4. The molecule has 31 heavy (non-hydrogen) atoms. The van der Waals surface area contributed by atoms with Crippen LogP contribution in [0.5, 0.6) is 5.75 Å². The van der Waals surface area contributed by atoms with Crippen LogP contribution in [0.4, 0.5) is 0 Å². The summed E-state index contributed by atoms with van der Waals surface area (Å²) < 4.78 is 15.7. The van der Waals surface area contributed by atoms with Crippen molar-refractivity contribution < 1.29 is 38.5 Å². The van der Waals surface area contributed by atoms with E-state index in [-0.39, 0.29) is 35.8 Å². The van der Waals surface area contributed by atoms with E-state index in [9.17, 15) is 19.2 Å². The molecule has 168 valence electrons. The maximum Gasteiger partial charge on any atom is 0.337 e. The number of rotatable bonds is 6. The van der Waals surface area contributed by atoms with E-state index in [0.717, 1.165) is 0 Å². The third-order valence-electron chi connectivity index (χ3n) is 6.19. The van der Waals surface area contributed by atoms with Crippen LogP contribution in [0, 0.1) is 17.8 Å². The van der Waals surface area contributed by atoms with E-state index < -0.39 is 11.9 Å². The van der Waals surface area contributed by atoms with Crippen molar-refractivity contribution in [1.82, 2.24) is 0 Å². The van der Waals surface area contributed by atoms with Crippen LogP contribution in [-0.2, 0) is 23.9 Å². The van der Waals surface area contributed by atoms with E-state index >= 15 is 0 Å². The third-order valence-corrected chi connectivity index (χ3v) is 6.19. The Morgan fingerprint density at radius 3 is 1.84 bits per heavy atom. The van der Waals surface area contributed by atoms with Gasteiger partial charge in [-0.3, -0.25) is 14.4 Å². The fraction of sp³-hybridized carbons (Fsp3) is 0.565. The molecule has 0 bridgehead atoms. The van der Waals surface area contributed by atoms with Crippen LogP contribution in [-0.4, -0.2) is 42.2 Å². The number of carbonyl (C=O) groups is 4.